The van der Waals surface area contributed by atoms with Gasteiger partial charge in [0.25, 0.3) is 5.69 Å². The van der Waals surface area contributed by atoms with Gasteiger partial charge in [0.2, 0.25) is 10.0 Å². The lowest BCUT2D eigenvalue weighted by atomic mass is 10.0. The molecule has 0 spiro atoms. The molecule has 1 atom stereocenters. The quantitative estimate of drug-likeness (QED) is 0.635. The van der Waals surface area contributed by atoms with Crippen LogP contribution in [0.4, 0.5) is 5.69 Å². The van der Waals surface area contributed by atoms with Gasteiger partial charge in [-0.3, -0.25) is 10.1 Å². The predicted molar refractivity (Wildman–Crippen MR) is 79.4 cm³/mol. The highest BCUT2D eigenvalue weighted by Crippen LogP contribution is 2.31. The van der Waals surface area contributed by atoms with Gasteiger partial charge in [-0.2, -0.15) is 4.31 Å². The van der Waals surface area contributed by atoms with Gasteiger partial charge < -0.3 is 5.11 Å². The number of halogens is 1. The Morgan fingerprint density at radius 2 is 2.19 bits per heavy atom. The number of sulfonamides is 1. The number of benzene rings is 1. The highest BCUT2D eigenvalue weighted by atomic mass is 79.9. The second-order valence-corrected chi connectivity index (χ2v) is 7.75. The van der Waals surface area contributed by atoms with Crippen molar-refractivity contribution in [3.8, 4) is 0 Å². The first-order valence-corrected chi connectivity index (χ1v) is 8.64. The third-order valence-electron chi connectivity index (χ3n) is 3.48. The second-order valence-electron chi connectivity index (χ2n) is 4.92. The molecule has 0 radical (unpaired) electrons. The minimum Gasteiger partial charge on any atom is -0.396 e. The Hall–Kier alpha value is -1.03. The van der Waals surface area contributed by atoms with Crippen molar-refractivity contribution in [2.24, 2.45) is 5.92 Å². The number of nitrogens with zero attached hydrogens (tertiary/aromatic N) is 2. The van der Waals surface area contributed by atoms with Gasteiger partial charge in [0.05, 0.1) is 4.92 Å². The Balaban J connectivity index is 2.44. The molecule has 0 aliphatic carbocycles. The van der Waals surface area contributed by atoms with E-state index in [2.05, 4.69) is 15.9 Å². The van der Waals surface area contributed by atoms with Gasteiger partial charge in [0.15, 0.2) is 4.90 Å². The Morgan fingerprint density at radius 1 is 1.48 bits per heavy atom. The number of rotatable bonds is 4. The summed E-state index contributed by atoms with van der Waals surface area (Å²) in [5, 5.41) is 20.2. The van der Waals surface area contributed by atoms with E-state index in [0.29, 0.717) is 17.4 Å². The molecule has 21 heavy (non-hydrogen) atoms. The minimum atomic E-state index is -3.95. The van der Waals surface area contributed by atoms with Gasteiger partial charge in [0.1, 0.15) is 0 Å². The van der Waals surface area contributed by atoms with E-state index in [1.807, 2.05) is 0 Å². The van der Waals surface area contributed by atoms with Gasteiger partial charge in [-0.25, -0.2) is 8.42 Å². The summed E-state index contributed by atoms with van der Waals surface area (Å²) < 4.78 is 27.0. The lowest BCUT2D eigenvalue weighted by Crippen LogP contribution is -2.41. The molecular formula is C12H15BrN2O5S. The summed E-state index contributed by atoms with van der Waals surface area (Å²) in [5.41, 5.74) is -0.440. The first kappa shape index (κ1) is 16.3. The lowest BCUT2D eigenvalue weighted by Gasteiger charge is -2.30. The van der Waals surface area contributed by atoms with E-state index in [0.717, 1.165) is 6.42 Å². The fourth-order valence-electron chi connectivity index (χ4n) is 2.38. The molecule has 1 unspecified atom stereocenters. The summed E-state index contributed by atoms with van der Waals surface area (Å²) in [6, 6.07) is 3.85. The van der Waals surface area contributed by atoms with Crippen molar-refractivity contribution in [3.05, 3.63) is 32.8 Å². The number of aliphatic hydroxyl groups excluding tert-OH is 1. The Kier molecular flexibility index (Phi) is 4.97. The number of nitro benzene ring substituents is 1. The van der Waals surface area contributed by atoms with E-state index in [1.54, 1.807) is 0 Å². The van der Waals surface area contributed by atoms with Gasteiger partial charge in [-0.15, -0.1) is 0 Å². The summed E-state index contributed by atoms with van der Waals surface area (Å²) in [6.45, 7) is 0.400. The van der Waals surface area contributed by atoms with Crippen molar-refractivity contribution < 1.29 is 18.4 Å². The smallest absolute Gasteiger partial charge is 0.289 e. The van der Waals surface area contributed by atoms with Crippen molar-refractivity contribution in [1.82, 2.24) is 4.31 Å². The van der Waals surface area contributed by atoms with Gasteiger partial charge in [0, 0.05) is 30.2 Å². The lowest BCUT2D eigenvalue weighted by molar-refractivity contribution is -0.387. The molecule has 116 valence electrons. The van der Waals surface area contributed by atoms with Crippen molar-refractivity contribution in [1.29, 1.82) is 0 Å². The first-order chi connectivity index (χ1) is 9.86. The maximum absolute atomic E-state index is 12.6. The zero-order chi connectivity index (χ0) is 15.6. The van der Waals surface area contributed by atoms with Crippen LogP contribution in [0.15, 0.2) is 27.6 Å². The summed E-state index contributed by atoms with van der Waals surface area (Å²) in [6.07, 6.45) is 1.38. The van der Waals surface area contributed by atoms with Crippen LogP contribution in [0.1, 0.15) is 12.8 Å². The van der Waals surface area contributed by atoms with E-state index in [-0.39, 0.29) is 24.0 Å². The molecule has 1 aromatic carbocycles. The second kappa shape index (κ2) is 6.39. The third kappa shape index (κ3) is 3.42. The summed E-state index contributed by atoms with van der Waals surface area (Å²) in [7, 11) is -3.95. The molecular weight excluding hydrogens is 364 g/mol. The van der Waals surface area contributed by atoms with E-state index in [4.69, 9.17) is 0 Å². The molecule has 0 saturated carbocycles. The fourth-order valence-corrected chi connectivity index (χ4v) is 4.63. The van der Waals surface area contributed by atoms with Crippen LogP contribution >= 0.6 is 15.9 Å². The zero-order valence-electron chi connectivity index (χ0n) is 11.1. The van der Waals surface area contributed by atoms with E-state index >= 15 is 0 Å². The number of hydrogen-bond donors (Lipinski definition) is 1. The van der Waals surface area contributed by atoms with Crippen LogP contribution in [0, 0.1) is 16.0 Å². The van der Waals surface area contributed by atoms with Crippen molar-refractivity contribution in [2.45, 2.75) is 17.7 Å². The molecule has 1 aliphatic rings. The maximum Gasteiger partial charge on any atom is 0.289 e. The molecule has 0 bridgehead atoms. The Labute approximate surface area is 130 Å². The Bertz CT molecular complexity index is 649. The van der Waals surface area contributed by atoms with Crippen molar-refractivity contribution >= 4 is 31.6 Å². The van der Waals surface area contributed by atoms with E-state index in [1.165, 1.54) is 22.5 Å². The number of nitro groups is 1. The predicted octanol–water partition coefficient (Wildman–Crippen LogP) is 1.75. The van der Waals surface area contributed by atoms with Gasteiger partial charge in [-0.1, -0.05) is 15.9 Å². The average Bonchev–Trinajstić information content (AvgIpc) is 2.46. The summed E-state index contributed by atoms with van der Waals surface area (Å²) in [5.74, 6) is -0.125. The van der Waals surface area contributed by atoms with E-state index in [9.17, 15) is 23.6 Å². The molecule has 7 nitrogen and oxygen atoms in total. The van der Waals surface area contributed by atoms with Crippen LogP contribution in [0.5, 0.6) is 0 Å². The summed E-state index contributed by atoms with van der Waals surface area (Å²) in [4.78, 5) is 10.0. The molecule has 1 heterocycles. The average molecular weight is 379 g/mol. The van der Waals surface area contributed by atoms with Gasteiger partial charge in [-0.05, 0) is 30.9 Å². The van der Waals surface area contributed by atoms with Crippen molar-refractivity contribution in [2.75, 3.05) is 19.7 Å². The number of piperidine rings is 1. The van der Waals surface area contributed by atoms with Crippen LogP contribution in [0.2, 0.25) is 0 Å². The van der Waals surface area contributed by atoms with Crippen LogP contribution < -0.4 is 0 Å². The van der Waals surface area contributed by atoms with Crippen LogP contribution in [0.3, 0.4) is 0 Å². The van der Waals surface area contributed by atoms with Crippen LogP contribution in [-0.2, 0) is 10.0 Å². The molecule has 1 aliphatic heterocycles. The Morgan fingerprint density at radius 3 is 2.81 bits per heavy atom. The third-order valence-corrected chi connectivity index (χ3v) is 5.86. The number of aliphatic hydroxyl groups is 1. The monoisotopic (exact) mass is 378 g/mol. The molecule has 1 aromatic rings. The molecule has 2 rings (SSSR count). The highest BCUT2D eigenvalue weighted by Gasteiger charge is 2.34. The normalized spacial score (nSPS) is 20.4. The molecule has 1 N–H and O–H groups in total. The molecule has 1 fully saturated rings. The van der Waals surface area contributed by atoms with E-state index < -0.39 is 20.6 Å². The molecule has 1 saturated heterocycles. The van der Waals surface area contributed by atoms with Gasteiger partial charge >= 0.3 is 0 Å². The summed E-state index contributed by atoms with van der Waals surface area (Å²) >= 11 is 3.14. The highest BCUT2D eigenvalue weighted by molar-refractivity contribution is 9.10. The maximum atomic E-state index is 12.6. The molecule has 9 heteroatoms. The topological polar surface area (TPSA) is 101 Å². The SMILES string of the molecule is O=[N+]([O-])c1ccc(Br)cc1S(=O)(=O)N1CCCC(CO)C1. The van der Waals surface area contributed by atoms with Crippen LogP contribution in [0.25, 0.3) is 0 Å². The molecule has 0 amide bonds. The standard InChI is InChI=1S/C12H15BrN2O5S/c13-10-3-4-11(15(17)18)12(6-10)21(19,20)14-5-1-2-9(7-14)8-16/h3-4,6,9,16H,1-2,5,7-8H2. The minimum absolute atomic E-state index is 0.0907. The number of hydrogen-bond acceptors (Lipinski definition) is 5. The van der Waals surface area contributed by atoms with Crippen molar-refractivity contribution in [3.63, 3.8) is 0 Å². The molecule has 0 aromatic heterocycles. The zero-order valence-corrected chi connectivity index (χ0v) is 13.5. The largest absolute Gasteiger partial charge is 0.396 e. The fraction of sp³-hybridized carbons (Fsp3) is 0.500. The first-order valence-electron chi connectivity index (χ1n) is 6.41. The van der Waals surface area contributed by atoms with Crippen LogP contribution in [-0.4, -0.2) is 42.4 Å².